The van der Waals surface area contributed by atoms with Crippen LogP contribution in [0.4, 0.5) is 5.69 Å². The fraction of sp³-hybridized carbons (Fsp3) is 0.278. The molecule has 0 saturated heterocycles. The SMILES string of the molecule is O=C(CNc1ccccc1)c1ccc2c(c1)CCCC2. The van der Waals surface area contributed by atoms with Gasteiger partial charge in [0.15, 0.2) is 5.78 Å². The lowest BCUT2D eigenvalue weighted by Crippen LogP contribution is -2.15. The van der Waals surface area contributed by atoms with Gasteiger partial charge >= 0.3 is 0 Å². The van der Waals surface area contributed by atoms with Crippen LogP contribution in [0.2, 0.25) is 0 Å². The zero-order valence-electron chi connectivity index (χ0n) is 11.6. The van der Waals surface area contributed by atoms with Gasteiger partial charge in [-0.3, -0.25) is 4.79 Å². The highest BCUT2D eigenvalue weighted by Crippen LogP contribution is 2.22. The molecule has 20 heavy (non-hydrogen) atoms. The van der Waals surface area contributed by atoms with Crippen LogP contribution in [0.25, 0.3) is 0 Å². The predicted octanol–water partition coefficient (Wildman–Crippen LogP) is 3.86. The first kappa shape index (κ1) is 12.9. The van der Waals surface area contributed by atoms with Crippen molar-refractivity contribution in [3.63, 3.8) is 0 Å². The van der Waals surface area contributed by atoms with E-state index in [0.717, 1.165) is 24.1 Å². The molecule has 2 nitrogen and oxygen atoms in total. The maximum absolute atomic E-state index is 12.2. The maximum Gasteiger partial charge on any atom is 0.181 e. The van der Waals surface area contributed by atoms with Crippen LogP contribution in [0.3, 0.4) is 0 Å². The van der Waals surface area contributed by atoms with Crippen LogP contribution in [0.1, 0.15) is 34.3 Å². The fourth-order valence-corrected chi connectivity index (χ4v) is 2.75. The lowest BCUT2D eigenvalue weighted by molar-refractivity contribution is 0.101. The third-order valence-corrected chi connectivity index (χ3v) is 3.90. The van der Waals surface area contributed by atoms with Gasteiger partial charge in [0.1, 0.15) is 0 Å². The second-order valence-corrected chi connectivity index (χ2v) is 5.33. The van der Waals surface area contributed by atoms with Crippen LogP contribution >= 0.6 is 0 Å². The third kappa shape index (κ3) is 2.90. The highest BCUT2D eigenvalue weighted by molar-refractivity contribution is 5.99. The number of hydrogen-bond donors (Lipinski definition) is 1. The Morgan fingerprint density at radius 1 is 0.950 bits per heavy atom. The second kappa shape index (κ2) is 5.91. The second-order valence-electron chi connectivity index (χ2n) is 5.33. The lowest BCUT2D eigenvalue weighted by atomic mass is 9.90. The van der Waals surface area contributed by atoms with Gasteiger partial charge in [0, 0.05) is 11.3 Å². The van der Waals surface area contributed by atoms with Crippen LogP contribution in [0.5, 0.6) is 0 Å². The molecule has 0 radical (unpaired) electrons. The van der Waals surface area contributed by atoms with Crippen molar-refractivity contribution < 1.29 is 4.79 Å². The molecule has 0 bridgehead atoms. The Bertz CT molecular complexity index is 604. The minimum atomic E-state index is 0.155. The van der Waals surface area contributed by atoms with Gasteiger partial charge in [-0.15, -0.1) is 0 Å². The lowest BCUT2D eigenvalue weighted by Gasteiger charge is -2.16. The van der Waals surface area contributed by atoms with Crippen LogP contribution in [0, 0.1) is 0 Å². The van der Waals surface area contributed by atoms with Crippen LogP contribution in [0.15, 0.2) is 48.5 Å². The number of carbonyl (C=O) groups excluding carboxylic acids is 1. The molecule has 1 aliphatic carbocycles. The summed E-state index contributed by atoms with van der Waals surface area (Å²) in [7, 11) is 0. The molecular weight excluding hydrogens is 246 g/mol. The molecule has 102 valence electrons. The Kier molecular flexibility index (Phi) is 3.82. The minimum absolute atomic E-state index is 0.155. The molecule has 2 aromatic rings. The first-order chi connectivity index (χ1) is 9.83. The average molecular weight is 265 g/mol. The van der Waals surface area contributed by atoms with E-state index in [9.17, 15) is 4.79 Å². The number of nitrogens with one attached hydrogen (secondary N) is 1. The van der Waals surface area contributed by atoms with Crippen molar-refractivity contribution >= 4 is 11.5 Å². The van der Waals surface area contributed by atoms with E-state index >= 15 is 0 Å². The highest BCUT2D eigenvalue weighted by Gasteiger charge is 2.12. The molecule has 0 fully saturated rings. The largest absolute Gasteiger partial charge is 0.378 e. The third-order valence-electron chi connectivity index (χ3n) is 3.90. The van der Waals surface area contributed by atoms with E-state index in [1.165, 1.54) is 24.0 Å². The van der Waals surface area contributed by atoms with E-state index in [2.05, 4.69) is 17.4 Å². The summed E-state index contributed by atoms with van der Waals surface area (Å²) in [6.45, 7) is 0.350. The molecule has 0 amide bonds. The molecule has 0 unspecified atom stereocenters. The van der Waals surface area contributed by atoms with Crippen molar-refractivity contribution in [3.8, 4) is 0 Å². The zero-order chi connectivity index (χ0) is 13.8. The van der Waals surface area contributed by atoms with Crippen molar-refractivity contribution in [2.75, 3.05) is 11.9 Å². The van der Waals surface area contributed by atoms with Crippen molar-refractivity contribution in [3.05, 3.63) is 65.2 Å². The Balaban J connectivity index is 1.68. The minimum Gasteiger partial charge on any atom is -0.378 e. The zero-order valence-corrected chi connectivity index (χ0v) is 11.6. The van der Waals surface area contributed by atoms with Crippen molar-refractivity contribution in [1.82, 2.24) is 0 Å². The number of benzene rings is 2. The Morgan fingerprint density at radius 3 is 2.50 bits per heavy atom. The van der Waals surface area contributed by atoms with Gasteiger partial charge in [0.05, 0.1) is 6.54 Å². The van der Waals surface area contributed by atoms with Gasteiger partial charge in [-0.1, -0.05) is 30.3 Å². The summed E-state index contributed by atoms with van der Waals surface area (Å²) in [6, 6.07) is 16.0. The van der Waals surface area contributed by atoms with E-state index in [0.29, 0.717) is 6.54 Å². The van der Waals surface area contributed by atoms with E-state index in [4.69, 9.17) is 0 Å². The number of rotatable bonds is 4. The summed E-state index contributed by atoms with van der Waals surface area (Å²) in [5.74, 6) is 0.155. The number of Topliss-reactive ketones (excluding diaryl/α,β-unsaturated/α-hetero) is 1. The van der Waals surface area contributed by atoms with E-state index in [-0.39, 0.29) is 5.78 Å². The van der Waals surface area contributed by atoms with Gasteiger partial charge in [-0.25, -0.2) is 0 Å². The molecular formula is C18H19NO. The highest BCUT2D eigenvalue weighted by atomic mass is 16.1. The topological polar surface area (TPSA) is 29.1 Å². The molecule has 0 atom stereocenters. The number of anilines is 1. The van der Waals surface area contributed by atoms with E-state index in [1.54, 1.807) is 0 Å². The quantitative estimate of drug-likeness (QED) is 0.850. The first-order valence-electron chi connectivity index (χ1n) is 7.27. The molecule has 0 aliphatic heterocycles. The van der Waals surface area contributed by atoms with Crippen LogP contribution < -0.4 is 5.32 Å². The Labute approximate surface area is 119 Å². The number of para-hydroxylation sites is 1. The molecule has 1 aliphatic rings. The number of hydrogen-bond acceptors (Lipinski definition) is 2. The number of fused-ring (bicyclic) bond motifs is 1. The molecule has 0 aromatic heterocycles. The summed E-state index contributed by atoms with van der Waals surface area (Å²) < 4.78 is 0. The summed E-state index contributed by atoms with van der Waals surface area (Å²) in [6.07, 6.45) is 4.79. The molecule has 2 heteroatoms. The number of carbonyl (C=O) groups is 1. The van der Waals surface area contributed by atoms with Gasteiger partial charge in [0.25, 0.3) is 0 Å². The standard InChI is InChI=1S/C18H19NO/c20-18(13-19-17-8-2-1-3-9-17)16-11-10-14-6-4-5-7-15(14)12-16/h1-3,8-12,19H,4-7,13H2. The van der Waals surface area contributed by atoms with Crippen molar-refractivity contribution in [2.24, 2.45) is 0 Å². The molecule has 2 aromatic carbocycles. The Morgan fingerprint density at radius 2 is 1.70 bits per heavy atom. The number of aryl methyl sites for hydroxylation is 2. The average Bonchev–Trinajstić information content (AvgIpc) is 2.53. The molecule has 3 rings (SSSR count). The Hall–Kier alpha value is -2.09. The normalized spacial score (nSPS) is 13.6. The van der Waals surface area contributed by atoms with E-state index < -0.39 is 0 Å². The molecule has 0 heterocycles. The van der Waals surface area contributed by atoms with Gasteiger partial charge < -0.3 is 5.32 Å². The fourth-order valence-electron chi connectivity index (χ4n) is 2.75. The van der Waals surface area contributed by atoms with Gasteiger partial charge in [-0.05, 0) is 55.0 Å². The van der Waals surface area contributed by atoms with Crippen LogP contribution in [-0.2, 0) is 12.8 Å². The maximum atomic E-state index is 12.2. The number of ketones is 1. The van der Waals surface area contributed by atoms with Crippen molar-refractivity contribution in [2.45, 2.75) is 25.7 Å². The van der Waals surface area contributed by atoms with E-state index in [1.807, 2.05) is 36.4 Å². The summed E-state index contributed by atoms with van der Waals surface area (Å²) in [4.78, 5) is 12.2. The summed E-state index contributed by atoms with van der Waals surface area (Å²) in [5, 5.41) is 3.17. The molecule has 0 spiro atoms. The first-order valence-corrected chi connectivity index (χ1v) is 7.27. The van der Waals surface area contributed by atoms with Crippen molar-refractivity contribution in [1.29, 1.82) is 0 Å². The summed E-state index contributed by atoms with van der Waals surface area (Å²) >= 11 is 0. The van der Waals surface area contributed by atoms with Gasteiger partial charge in [-0.2, -0.15) is 0 Å². The van der Waals surface area contributed by atoms with Gasteiger partial charge in [0.2, 0.25) is 0 Å². The van der Waals surface area contributed by atoms with Crippen LogP contribution in [-0.4, -0.2) is 12.3 Å². The molecule has 0 saturated carbocycles. The summed E-state index contributed by atoms with van der Waals surface area (Å²) in [5.41, 5.74) is 4.60. The smallest absolute Gasteiger partial charge is 0.181 e. The monoisotopic (exact) mass is 265 g/mol. The molecule has 1 N–H and O–H groups in total. The predicted molar refractivity (Wildman–Crippen MR) is 82.3 cm³/mol.